The Morgan fingerprint density at radius 3 is 2.47 bits per heavy atom. The van der Waals surface area contributed by atoms with E-state index < -0.39 is 6.04 Å². The number of carbonyl (C=O) groups is 3. The van der Waals surface area contributed by atoms with Crippen molar-refractivity contribution >= 4 is 46.2 Å². The molecule has 0 bridgehead atoms. The Kier molecular flexibility index (Phi) is 9.35. The number of methoxy groups -OCH3 is 2. The average molecular weight is 604 g/mol. The third-order valence-corrected chi connectivity index (χ3v) is 7.78. The van der Waals surface area contributed by atoms with Gasteiger partial charge in [0.2, 0.25) is 11.8 Å². The second kappa shape index (κ2) is 13.5. The molecule has 10 nitrogen and oxygen atoms in total. The summed E-state index contributed by atoms with van der Waals surface area (Å²) in [5.74, 6) is 0.371. The Morgan fingerprint density at radius 1 is 0.953 bits per heavy atom. The number of halogens is 1. The summed E-state index contributed by atoms with van der Waals surface area (Å²) in [6.45, 7) is 0.613. The van der Waals surface area contributed by atoms with Crippen molar-refractivity contribution < 1.29 is 28.2 Å². The molecule has 2 heterocycles. The fraction of sp³-hybridized carbons (Fsp3) is 0.258. The van der Waals surface area contributed by atoms with Crippen molar-refractivity contribution in [1.82, 2.24) is 15.5 Å². The highest BCUT2D eigenvalue weighted by Crippen LogP contribution is 2.34. The lowest BCUT2D eigenvalue weighted by atomic mass is 10.1. The molecule has 5 rings (SSSR count). The largest absolute Gasteiger partial charge is 0.493 e. The summed E-state index contributed by atoms with van der Waals surface area (Å²) in [5, 5.41) is 5.98. The molecule has 1 atom stereocenters. The molecule has 43 heavy (non-hydrogen) atoms. The standard InChI is InChI=1S/C31H30FN5O5S/c1-41-25-12-9-19(15-26(25)42-2)13-14-33-28(39)18-43-31-36-23-6-4-3-5-22(23)29-35-24(30(40)37(29)31)16-27(38)34-17-20-7-10-21(32)11-8-20/h3-12,15,24H,13-14,16-18H2,1-2H3,(H,33,39)(H,34,38)/t24-/m1/s1. The van der Waals surface area contributed by atoms with E-state index in [-0.39, 0.29) is 42.3 Å². The van der Waals surface area contributed by atoms with Gasteiger partial charge in [0.25, 0.3) is 5.91 Å². The molecule has 0 spiro atoms. The van der Waals surface area contributed by atoms with Crippen LogP contribution in [0.5, 0.6) is 11.5 Å². The second-order valence-corrected chi connectivity index (χ2v) is 10.7. The van der Waals surface area contributed by atoms with Crippen LogP contribution in [-0.2, 0) is 27.3 Å². The van der Waals surface area contributed by atoms with Crippen LogP contribution in [0.4, 0.5) is 10.1 Å². The zero-order valence-corrected chi connectivity index (χ0v) is 24.4. The number of ether oxygens (including phenoxy) is 2. The zero-order valence-electron chi connectivity index (χ0n) is 23.6. The lowest BCUT2D eigenvalue weighted by Crippen LogP contribution is -2.42. The smallest absolute Gasteiger partial charge is 0.259 e. The van der Waals surface area contributed by atoms with Gasteiger partial charge >= 0.3 is 0 Å². The maximum Gasteiger partial charge on any atom is 0.259 e. The van der Waals surface area contributed by atoms with Crippen LogP contribution in [0.15, 0.2) is 76.7 Å². The average Bonchev–Trinajstić information content (AvgIpc) is 3.35. The van der Waals surface area contributed by atoms with Crippen LogP contribution in [0.1, 0.15) is 23.1 Å². The molecule has 3 aromatic carbocycles. The quantitative estimate of drug-likeness (QED) is 0.346. The minimum atomic E-state index is -0.935. The second-order valence-electron chi connectivity index (χ2n) is 9.74. The fourth-order valence-corrected chi connectivity index (χ4v) is 5.48. The summed E-state index contributed by atoms with van der Waals surface area (Å²) in [5.41, 5.74) is 3.02. The van der Waals surface area contributed by atoms with Gasteiger partial charge in [-0.3, -0.25) is 19.4 Å². The predicted molar refractivity (Wildman–Crippen MR) is 162 cm³/mol. The lowest BCUT2D eigenvalue weighted by Gasteiger charge is -2.25. The summed E-state index contributed by atoms with van der Waals surface area (Å²) in [6.07, 6.45) is 0.439. The van der Waals surface area contributed by atoms with Gasteiger partial charge in [0.1, 0.15) is 17.7 Å². The number of nitrogens with one attached hydrogen (secondary N) is 2. The molecule has 2 aliphatic rings. The van der Waals surface area contributed by atoms with Gasteiger partial charge in [0.15, 0.2) is 16.7 Å². The molecular formula is C31H30FN5O5S. The van der Waals surface area contributed by atoms with E-state index in [1.165, 1.54) is 17.0 Å². The molecule has 0 radical (unpaired) electrons. The number of amidine groups is 2. The van der Waals surface area contributed by atoms with E-state index in [0.29, 0.717) is 46.7 Å². The fourth-order valence-electron chi connectivity index (χ4n) is 4.65. The highest BCUT2D eigenvalue weighted by atomic mass is 32.2. The molecular weight excluding hydrogens is 573 g/mol. The summed E-state index contributed by atoms with van der Waals surface area (Å²) in [4.78, 5) is 49.5. The van der Waals surface area contributed by atoms with Crippen LogP contribution in [0.2, 0.25) is 0 Å². The summed E-state index contributed by atoms with van der Waals surface area (Å²) in [7, 11) is 3.14. The van der Waals surface area contributed by atoms with Crippen LogP contribution in [0.25, 0.3) is 0 Å². The van der Waals surface area contributed by atoms with Crippen LogP contribution in [-0.4, -0.2) is 66.2 Å². The third kappa shape index (κ3) is 7.03. The van der Waals surface area contributed by atoms with Gasteiger partial charge in [-0.2, -0.15) is 0 Å². The lowest BCUT2D eigenvalue weighted by molar-refractivity contribution is -0.128. The number of nitrogens with zero attached hydrogens (tertiary/aromatic N) is 3. The molecule has 0 unspecified atom stereocenters. The first-order chi connectivity index (χ1) is 20.9. The van der Waals surface area contributed by atoms with Gasteiger partial charge < -0.3 is 20.1 Å². The van der Waals surface area contributed by atoms with E-state index in [2.05, 4.69) is 20.6 Å². The molecule has 12 heteroatoms. The zero-order chi connectivity index (χ0) is 30.3. The Bertz CT molecular complexity index is 1590. The number of hydrogen-bond acceptors (Lipinski definition) is 8. The van der Waals surface area contributed by atoms with E-state index in [0.717, 1.165) is 22.9 Å². The number of thioether (sulfide) groups is 1. The first-order valence-corrected chi connectivity index (χ1v) is 14.6. The molecule has 0 saturated heterocycles. The Balaban J connectivity index is 1.19. The van der Waals surface area contributed by atoms with E-state index >= 15 is 0 Å². The van der Waals surface area contributed by atoms with Crippen LogP contribution in [0, 0.1) is 5.82 Å². The number of amides is 3. The topological polar surface area (TPSA) is 122 Å². The maximum atomic E-state index is 13.5. The monoisotopic (exact) mass is 603 g/mol. The number of para-hydroxylation sites is 1. The van der Waals surface area contributed by atoms with Gasteiger partial charge in [-0.05, 0) is 53.9 Å². The molecule has 3 aromatic rings. The van der Waals surface area contributed by atoms with Gasteiger partial charge in [-0.1, -0.05) is 42.1 Å². The molecule has 3 amide bonds. The predicted octanol–water partition coefficient (Wildman–Crippen LogP) is 3.60. The number of carbonyl (C=O) groups excluding carboxylic acids is 3. The number of aliphatic imine (C=N–C) groups is 2. The van der Waals surface area contributed by atoms with E-state index in [4.69, 9.17) is 9.47 Å². The third-order valence-electron chi connectivity index (χ3n) is 6.85. The first kappa shape index (κ1) is 29.8. The van der Waals surface area contributed by atoms with E-state index in [9.17, 15) is 18.8 Å². The van der Waals surface area contributed by atoms with Crippen molar-refractivity contribution in [2.24, 2.45) is 9.98 Å². The molecule has 2 N–H and O–H groups in total. The summed E-state index contributed by atoms with van der Waals surface area (Å²) in [6, 6.07) is 17.8. The summed E-state index contributed by atoms with van der Waals surface area (Å²) < 4.78 is 23.8. The number of rotatable bonds is 11. The molecule has 2 aliphatic heterocycles. The molecule has 0 saturated carbocycles. The van der Waals surface area contributed by atoms with Crippen molar-refractivity contribution in [3.8, 4) is 11.5 Å². The van der Waals surface area contributed by atoms with Crippen molar-refractivity contribution in [3.63, 3.8) is 0 Å². The summed E-state index contributed by atoms with van der Waals surface area (Å²) >= 11 is 1.13. The molecule has 222 valence electrons. The highest BCUT2D eigenvalue weighted by Gasteiger charge is 2.42. The van der Waals surface area contributed by atoms with Crippen LogP contribution in [0.3, 0.4) is 0 Å². The van der Waals surface area contributed by atoms with Crippen molar-refractivity contribution in [3.05, 3.63) is 89.2 Å². The normalized spacial score (nSPS) is 15.2. The van der Waals surface area contributed by atoms with E-state index in [1.807, 2.05) is 42.5 Å². The Morgan fingerprint density at radius 2 is 1.70 bits per heavy atom. The van der Waals surface area contributed by atoms with Gasteiger partial charge in [-0.15, -0.1) is 0 Å². The van der Waals surface area contributed by atoms with Crippen LogP contribution >= 0.6 is 11.8 Å². The number of fused-ring (bicyclic) bond motifs is 3. The molecule has 0 aromatic heterocycles. The number of benzene rings is 3. The highest BCUT2D eigenvalue weighted by molar-refractivity contribution is 8.14. The molecule has 0 fully saturated rings. The molecule has 0 aliphatic carbocycles. The minimum Gasteiger partial charge on any atom is -0.493 e. The number of hydrogen-bond donors (Lipinski definition) is 2. The maximum absolute atomic E-state index is 13.5. The van der Waals surface area contributed by atoms with Gasteiger partial charge in [0, 0.05) is 18.7 Å². The first-order valence-electron chi connectivity index (χ1n) is 13.6. The van der Waals surface area contributed by atoms with E-state index in [1.54, 1.807) is 26.4 Å². The van der Waals surface area contributed by atoms with Gasteiger partial charge in [0.05, 0.1) is 32.1 Å². The SMILES string of the molecule is COc1ccc(CCNC(=O)CSC2=Nc3ccccc3C3=N[C@H](CC(=O)NCc4ccc(F)cc4)C(=O)N23)cc1OC. The van der Waals surface area contributed by atoms with Crippen molar-refractivity contribution in [2.45, 2.75) is 25.4 Å². The van der Waals surface area contributed by atoms with Gasteiger partial charge in [-0.25, -0.2) is 14.3 Å². The Labute approximate surface area is 252 Å². The minimum absolute atomic E-state index is 0.0345. The van der Waals surface area contributed by atoms with Crippen molar-refractivity contribution in [1.29, 1.82) is 0 Å². The van der Waals surface area contributed by atoms with Crippen LogP contribution < -0.4 is 20.1 Å². The van der Waals surface area contributed by atoms with Crippen molar-refractivity contribution in [2.75, 3.05) is 26.5 Å². The Hall–Kier alpha value is -4.71.